The molecule has 0 radical (unpaired) electrons. The molecule has 0 saturated carbocycles. The number of anilines is 1. The van der Waals surface area contributed by atoms with E-state index in [9.17, 15) is 18.8 Å². The third-order valence-electron chi connectivity index (χ3n) is 5.19. The van der Waals surface area contributed by atoms with E-state index in [4.69, 9.17) is 0 Å². The molecule has 2 N–H and O–H groups in total. The first-order valence-electron chi connectivity index (χ1n) is 10.3. The van der Waals surface area contributed by atoms with Gasteiger partial charge in [0.15, 0.2) is 0 Å². The van der Waals surface area contributed by atoms with Gasteiger partial charge in [-0.05, 0) is 36.8 Å². The first kappa shape index (κ1) is 21.9. The molecule has 1 unspecified atom stereocenters. The summed E-state index contributed by atoms with van der Waals surface area (Å²) in [5.74, 6) is -1.34. The summed E-state index contributed by atoms with van der Waals surface area (Å²) in [6.07, 6.45) is 1.20. The van der Waals surface area contributed by atoms with Crippen LogP contribution < -0.4 is 16.2 Å². The van der Waals surface area contributed by atoms with Gasteiger partial charge in [-0.3, -0.25) is 19.0 Å². The molecule has 0 aliphatic rings. The normalized spacial score (nSPS) is 11.7. The van der Waals surface area contributed by atoms with Crippen molar-refractivity contribution in [3.8, 4) is 0 Å². The van der Waals surface area contributed by atoms with Crippen molar-refractivity contribution in [3.63, 3.8) is 0 Å². The maximum atomic E-state index is 13.4. The van der Waals surface area contributed by atoms with E-state index in [0.29, 0.717) is 11.3 Å². The second-order valence-electron chi connectivity index (χ2n) is 7.54. The summed E-state index contributed by atoms with van der Waals surface area (Å²) in [6.45, 7) is 1.56. The Bertz CT molecular complexity index is 1390. The minimum absolute atomic E-state index is 0.210. The summed E-state index contributed by atoms with van der Waals surface area (Å²) in [4.78, 5) is 42.2. The average molecular weight is 444 g/mol. The summed E-state index contributed by atoms with van der Waals surface area (Å²) in [7, 11) is 0. The van der Waals surface area contributed by atoms with Gasteiger partial charge in [-0.25, -0.2) is 9.37 Å². The number of nitrogens with one attached hydrogen (secondary N) is 2. The number of carbonyl (C=O) groups is 2. The number of aromatic nitrogens is 2. The number of benzene rings is 3. The van der Waals surface area contributed by atoms with E-state index in [1.807, 2.05) is 37.3 Å². The number of hydrogen-bond acceptors (Lipinski definition) is 4. The number of rotatable bonds is 6. The molecule has 3 aromatic carbocycles. The standard InChI is InChI=1S/C25H21FN4O3/c1-16(17-7-3-2-4-8-17)28-24(32)19-9-5-6-10-21(19)29-23(31)14-30-15-27-22-13-18(26)11-12-20(22)25(30)33/h2-13,15-16H,14H2,1H3,(H,28,32)(H,29,31). The third-order valence-corrected chi connectivity index (χ3v) is 5.19. The van der Waals surface area contributed by atoms with Crippen molar-refractivity contribution in [1.29, 1.82) is 0 Å². The van der Waals surface area contributed by atoms with Gasteiger partial charge in [0.25, 0.3) is 11.5 Å². The Hall–Kier alpha value is -4.33. The van der Waals surface area contributed by atoms with Gasteiger partial charge in [-0.1, -0.05) is 42.5 Å². The predicted molar refractivity (Wildman–Crippen MR) is 123 cm³/mol. The van der Waals surface area contributed by atoms with Crippen LogP contribution in [0.1, 0.15) is 28.9 Å². The number of halogens is 1. The monoisotopic (exact) mass is 444 g/mol. The number of nitrogens with zero attached hydrogens (tertiary/aromatic N) is 2. The molecule has 0 aliphatic heterocycles. The maximum Gasteiger partial charge on any atom is 0.261 e. The van der Waals surface area contributed by atoms with Crippen LogP contribution in [-0.4, -0.2) is 21.4 Å². The Labute approximate surface area is 188 Å². The molecule has 0 bridgehead atoms. The lowest BCUT2D eigenvalue weighted by atomic mass is 10.1. The van der Waals surface area contributed by atoms with Crippen molar-refractivity contribution >= 4 is 28.4 Å². The Morgan fingerprint density at radius 1 is 1.03 bits per heavy atom. The molecule has 0 spiro atoms. The van der Waals surface area contributed by atoms with Gasteiger partial charge in [0, 0.05) is 6.07 Å². The van der Waals surface area contributed by atoms with Gasteiger partial charge in [0.1, 0.15) is 12.4 Å². The SMILES string of the molecule is CC(NC(=O)c1ccccc1NC(=O)Cn1cnc2cc(F)ccc2c1=O)c1ccccc1. The lowest BCUT2D eigenvalue weighted by Crippen LogP contribution is -2.30. The topological polar surface area (TPSA) is 93.1 Å². The van der Waals surface area contributed by atoms with Gasteiger partial charge in [0.05, 0.1) is 34.5 Å². The third kappa shape index (κ3) is 4.95. The molecule has 1 aromatic heterocycles. The van der Waals surface area contributed by atoms with E-state index in [2.05, 4.69) is 15.6 Å². The lowest BCUT2D eigenvalue weighted by Gasteiger charge is -2.16. The van der Waals surface area contributed by atoms with E-state index in [0.717, 1.165) is 16.2 Å². The first-order chi connectivity index (χ1) is 15.9. The zero-order valence-corrected chi connectivity index (χ0v) is 17.8. The quantitative estimate of drug-likeness (QED) is 0.475. The molecule has 166 valence electrons. The van der Waals surface area contributed by atoms with Crippen molar-refractivity contribution in [2.24, 2.45) is 0 Å². The molecule has 2 amide bonds. The molecular weight excluding hydrogens is 423 g/mol. The average Bonchev–Trinajstić information content (AvgIpc) is 2.81. The molecule has 7 nitrogen and oxygen atoms in total. The minimum atomic E-state index is -0.503. The van der Waals surface area contributed by atoms with Gasteiger partial charge in [-0.2, -0.15) is 0 Å². The fourth-order valence-corrected chi connectivity index (χ4v) is 3.48. The molecular formula is C25H21FN4O3. The Balaban J connectivity index is 1.50. The summed E-state index contributed by atoms with van der Waals surface area (Å²) >= 11 is 0. The van der Waals surface area contributed by atoms with Crippen LogP contribution >= 0.6 is 0 Å². The zero-order valence-electron chi connectivity index (χ0n) is 17.8. The van der Waals surface area contributed by atoms with E-state index < -0.39 is 17.3 Å². The largest absolute Gasteiger partial charge is 0.345 e. The molecule has 1 heterocycles. The van der Waals surface area contributed by atoms with Crippen LogP contribution in [0.5, 0.6) is 0 Å². The summed E-state index contributed by atoms with van der Waals surface area (Å²) in [6, 6.07) is 19.6. The van der Waals surface area contributed by atoms with Crippen LogP contribution in [0.2, 0.25) is 0 Å². The van der Waals surface area contributed by atoms with E-state index >= 15 is 0 Å². The molecule has 8 heteroatoms. The highest BCUT2D eigenvalue weighted by molar-refractivity contribution is 6.03. The summed E-state index contributed by atoms with van der Waals surface area (Å²) in [5.41, 5.74) is 1.33. The number of carbonyl (C=O) groups excluding carboxylic acids is 2. The molecule has 33 heavy (non-hydrogen) atoms. The number of para-hydroxylation sites is 1. The van der Waals surface area contributed by atoms with Gasteiger partial charge >= 0.3 is 0 Å². The van der Waals surface area contributed by atoms with Crippen molar-refractivity contribution in [1.82, 2.24) is 14.9 Å². The lowest BCUT2D eigenvalue weighted by molar-refractivity contribution is -0.116. The Kier molecular flexibility index (Phi) is 6.26. The fraction of sp³-hybridized carbons (Fsp3) is 0.120. The smallest absolute Gasteiger partial charge is 0.261 e. The summed E-state index contributed by atoms with van der Waals surface area (Å²) < 4.78 is 14.5. The van der Waals surface area contributed by atoms with E-state index in [1.54, 1.807) is 24.3 Å². The Morgan fingerprint density at radius 2 is 1.76 bits per heavy atom. The zero-order chi connectivity index (χ0) is 23.4. The predicted octanol–water partition coefficient (Wildman–Crippen LogP) is 3.67. The van der Waals surface area contributed by atoms with Crippen LogP contribution in [0.15, 0.2) is 83.9 Å². The van der Waals surface area contributed by atoms with Crippen molar-refractivity contribution in [2.75, 3.05) is 5.32 Å². The van der Waals surface area contributed by atoms with Gasteiger partial charge in [0.2, 0.25) is 5.91 Å². The molecule has 0 fully saturated rings. The second-order valence-corrected chi connectivity index (χ2v) is 7.54. The number of fused-ring (bicyclic) bond motifs is 1. The van der Waals surface area contributed by atoms with Crippen molar-refractivity contribution < 1.29 is 14.0 Å². The number of amides is 2. The molecule has 1 atom stereocenters. The van der Waals surface area contributed by atoms with Crippen LogP contribution in [0.25, 0.3) is 10.9 Å². The first-order valence-corrected chi connectivity index (χ1v) is 10.3. The highest BCUT2D eigenvalue weighted by atomic mass is 19.1. The molecule has 4 rings (SSSR count). The van der Waals surface area contributed by atoms with Crippen molar-refractivity contribution in [2.45, 2.75) is 19.5 Å². The molecule has 0 saturated heterocycles. The Morgan fingerprint density at radius 3 is 2.55 bits per heavy atom. The minimum Gasteiger partial charge on any atom is -0.345 e. The van der Waals surface area contributed by atoms with Crippen LogP contribution in [0.4, 0.5) is 10.1 Å². The second kappa shape index (κ2) is 9.44. The highest BCUT2D eigenvalue weighted by Crippen LogP contribution is 2.18. The van der Waals surface area contributed by atoms with E-state index in [1.165, 1.54) is 18.5 Å². The van der Waals surface area contributed by atoms with Crippen LogP contribution in [0.3, 0.4) is 0 Å². The fourth-order valence-electron chi connectivity index (χ4n) is 3.48. The summed E-state index contributed by atoms with van der Waals surface area (Å²) in [5, 5.41) is 5.82. The van der Waals surface area contributed by atoms with Gasteiger partial charge < -0.3 is 10.6 Å². The molecule has 0 aliphatic carbocycles. The van der Waals surface area contributed by atoms with Gasteiger partial charge in [-0.15, -0.1) is 0 Å². The van der Waals surface area contributed by atoms with Crippen LogP contribution in [0, 0.1) is 5.82 Å². The molecule has 4 aromatic rings. The van der Waals surface area contributed by atoms with Crippen LogP contribution in [-0.2, 0) is 11.3 Å². The highest BCUT2D eigenvalue weighted by Gasteiger charge is 2.17. The number of hydrogen-bond donors (Lipinski definition) is 2. The van der Waals surface area contributed by atoms with Crippen molar-refractivity contribution in [3.05, 3.63) is 106 Å². The van der Waals surface area contributed by atoms with E-state index in [-0.39, 0.29) is 29.4 Å². The maximum absolute atomic E-state index is 13.4.